The standard InChI is InChI=1S/C20H23N2O/c1-14-18-15(11-13-21(14)4)10-12-20(23-18)19(2,3)16-8-6-7-9-17(16)22(20)5/h6-13H,1-5H3/q+1. The molecule has 1 aromatic carbocycles. The molecule has 2 aromatic rings. The molecule has 1 unspecified atom stereocenters. The summed E-state index contributed by atoms with van der Waals surface area (Å²) < 4.78 is 8.83. The highest BCUT2D eigenvalue weighted by atomic mass is 16.5. The number of aryl methyl sites for hydroxylation is 1. The number of hydrogen-bond acceptors (Lipinski definition) is 2. The fourth-order valence-corrected chi connectivity index (χ4v) is 4.01. The number of aromatic nitrogens is 1. The molecular formula is C20H23N2O+. The summed E-state index contributed by atoms with van der Waals surface area (Å²) in [5, 5.41) is 0. The van der Waals surface area contributed by atoms with Gasteiger partial charge in [0.1, 0.15) is 7.05 Å². The summed E-state index contributed by atoms with van der Waals surface area (Å²) in [6.45, 7) is 6.65. The molecule has 1 atom stereocenters. The highest BCUT2D eigenvalue weighted by molar-refractivity contribution is 5.71. The lowest BCUT2D eigenvalue weighted by Crippen LogP contribution is -2.58. The third kappa shape index (κ3) is 1.62. The van der Waals surface area contributed by atoms with Gasteiger partial charge in [-0.05, 0) is 37.6 Å². The van der Waals surface area contributed by atoms with Gasteiger partial charge < -0.3 is 9.64 Å². The minimum atomic E-state index is -0.497. The van der Waals surface area contributed by atoms with E-state index in [9.17, 15) is 0 Å². The second-order valence-corrected chi connectivity index (χ2v) is 7.13. The highest BCUT2D eigenvalue weighted by Crippen LogP contribution is 2.54. The number of pyridine rings is 1. The van der Waals surface area contributed by atoms with E-state index in [2.05, 4.69) is 93.0 Å². The Balaban J connectivity index is 1.93. The second kappa shape index (κ2) is 4.38. The Bertz CT molecular complexity index is 838. The molecule has 0 radical (unpaired) electrons. The first-order valence-corrected chi connectivity index (χ1v) is 8.09. The fourth-order valence-electron chi connectivity index (χ4n) is 4.01. The van der Waals surface area contributed by atoms with E-state index in [1.807, 2.05) is 0 Å². The van der Waals surface area contributed by atoms with E-state index >= 15 is 0 Å². The molecule has 3 heterocycles. The molecule has 0 amide bonds. The number of likely N-dealkylation sites (N-methyl/N-ethyl adjacent to an activating group) is 1. The van der Waals surface area contributed by atoms with Crippen LogP contribution in [-0.2, 0) is 12.5 Å². The minimum absolute atomic E-state index is 0.145. The fraction of sp³-hybridized carbons (Fsp3) is 0.350. The van der Waals surface area contributed by atoms with Crippen molar-refractivity contribution in [2.45, 2.75) is 31.9 Å². The first kappa shape index (κ1) is 14.3. The van der Waals surface area contributed by atoms with Crippen LogP contribution in [0.3, 0.4) is 0 Å². The minimum Gasteiger partial charge on any atom is -0.456 e. The molecule has 0 fully saturated rings. The van der Waals surface area contributed by atoms with E-state index in [1.54, 1.807) is 0 Å². The summed E-state index contributed by atoms with van der Waals surface area (Å²) >= 11 is 0. The lowest BCUT2D eigenvalue weighted by molar-refractivity contribution is -0.678. The molecule has 0 bridgehead atoms. The van der Waals surface area contributed by atoms with Gasteiger partial charge in [0.2, 0.25) is 11.4 Å². The summed E-state index contributed by atoms with van der Waals surface area (Å²) in [6.07, 6.45) is 6.50. The van der Waals surface area contributed by atoms with Crippen LogP contribution < -0.4 is 14.2 Å². The van der Waals surface area contributed by atoms with Gasteiger partial charge in [-0.2, -0.15) is 0 Å². The van der Waals surface area contributed by atoms with E-state index in [0.717, 1.165) is 17.0 Å². The highest BCUT2D eigenvalue weighted by Gasteiger charge is 2.58. The average Bonchev–Trinajstić information content (AvgIpc) is 2.71. The molecule has 1 aromatic heterocycles. The molecule has 0 N–H and O–H groups in total. The number of ether oxygens (including phenoxy) is 1. The van der Waals surface area contributed by atoms with Gasteiger partial charge in [-0.3, -0.25) is 0 Å². The van der Waals surface area contributed by atoms with Crippen LogP contribution in [0.1, 0.15) is 30.7 Å². The largest absolute Gasteiger partial charge is 0.456 e. The van der Waals surface area contributed by atoms with E-state index < -0.39 is 5.72 Å². The molecule has 0 saturated heterocycles. The van der Waals surface area contributed by atoms with E-state index in [-0.39, 0.29) is 5.41 Å². The maximum atomic E-state index is 6.72. The monoisotopic (exact) mass is 307 g/mol. The number of para-hydroxylation sites is 1. The van der Waals surface area contributed by atoms with Crippen molar-refractivity contribution in [1.29, 1.82) is 0 Å². The van der Waals surface area contributed by atoms with Gasteiger partial charge in [0, 0.05) is 31.3 Å². The van der Waals surface area contributed by atoms with Gasteiger partial charge in [-0.25, -0.2) is 4.57 Å². The quantitative estimate of drug-likeness (QED) is 0.694. The van der Waals surface area contributed by atoms with E-state index in [0.29, 0.717) is 0 Å². The maximum Gasteiger partial charge on any atom is 0.221 e. The van der Waals surface area contributed by atoms with Crippen LogP contribution in [0.25, 0.3) is 6.08 Å². The number of nitrogens with zero attached hydrogens (tertiary/aromatic N) is 2. The van der Waals surface area contributed by atoms with Crippen molar-refractivity contribution in [3.8, 4) is 5.75 Å². The van der Waals surface area contributed by atoms with Gasteiger partial charge in [-0.1, -0.05) is 18.2 Å². The maximum absolute atomic E-state index is 6.72. The number of anilines is 1. The summed E-state index contributed by atoms with van der Waals surface area (Å²) in [5.74, 6) is 0.977. The molecule has 1 spiro atoms. The van der Waals surface area contributed by atoms with Crippen LogP contribution in [0.2, 0.25) is 0 Å². The van der Waals surface area contributed by atoms with Gasteiger partial charge in [-0.15, -0.1) is 0 Å². The Kier molecular flexibility index (Phi) is 2.72. The number of hydrogen-bond donors (Lipinski definition) is 0. The molecule has 3 heteroatoms. The Labute approximate surface area is 137 Å². The summed E-state index contributed by atoms with van der Waals surface area (Å²) in [6, 6.07) is 10.7. The summed E-state index contributed by atoms with van der Waals surface area (Å²) in [4.78, 5) is 2.27. The third-order valence-electron chi connectivity index (χ3n) is 5.68. The topological polar surface area (TPSA) is 16.4 Å². The second-order valence-electron chi connectivity index (χ2n) is 7.13. The number of benzene rings is 1. The molecule has 0 aliphatic carbocycles. The Morgan fingerprint density at radius 2 is 1.87 bits per heavy atom. The van der Waals surface area contributed by atoms with Crippen LogP contribution in [0.4, 0.5) is 5.69 Å². The summed E-state index contributed by atoms with van der Waals surface area (Å²) in [5.41, 5.74) is 4.21. The molecule has 23 heavy (non-hydrogen) atoms. The van der Waals surface area contributed by atoms with Crippen LogP contribution >= 0.6 is 0 Å². The number of rotatable bonds is 0. The van der Waals surface area contributed by atoms with Crippen LogP contribution in [0.15, 0.2) is 42.6 Å². The molecule has 2 aliphatic heterocycles. The Morgan fingerprint density at radius 3 is 2.61 bits per heavy atom. The summed E-state index contributed by atoms with van der Waals surface area (Å²) in [7, 11) is 4.18. The molecule has 4 rings (SSSR count). The first-order valence-electron chi connectivity index (χ1n) is 8.09. The van der Waals surface area contributed by atoms with Crippen LogP contribution in [-0.4, -0.2) is 12.8 Å². The van der Waals surface area contributed by atoms with Crippen molar-refractivity contribution in [3.05, 3.63) is 59.4 Å². The number of fused-ring (bicyclic) bond motifs is 2. The van der Waals surface area contributed by atoms with E-state index in [1.165, 1.54) is 11.3 Å². The predicted molar refractivity (Wildman–Crippen MR) is 92.6 cm³/mol. The predicted octanol–water partition coefficient (Wildman–Crippen LogP) is 3.35. The molecular weight excluding hydrogens is 284 g/mol. The Morgan fingerprint density at radius 1 is 1.13 bits per heavy atom. The zero-order chi connectivity index (χ0) is 16.4. The Hall–Kier alpha value is -2.29. The normalized spacial score (nSPS) is 23.6. The van der Waals surface area contributed by atoms with E-state index in [4.69, 9.17) is 4.74 Å². The van der Waals surface area contributed by atoms with Gasteiger partial charge >= 0.3 is 0 Å². The lowest BCUT2D eigenvalue weighted by Gasteiger charge is -2.45. The SMILES string of the molecule is Cc1c2c(cc[n+]1C)C=CC1(O2)N(C)c2ccccc2C1(C)C. The van der Waals surface area contributed by atoms with Gasteiger partial charge in [0.05, 0.1) is 5.41 Å². The van der Waals surface area contributed by atoms with Crippen molar-refractivity contribution in [2.75, 3.05) is 11.9 Å². The van der Waals surface area contributed by atoms with Gasteiger partial charge in [0.25, 0.3) is 0 Å². The third-order valence-corrected chi connectivity index (χ3v) is 5.68. The lowest BCUT2D eigenvalue weighted by atomic mass is 9.76. The van der Waals surface area contributed by atoms with Gasteiger partial charge in [0.15, 0.2) is 11.9 Å². The van der Waals surface area contributed by atoms with Crippen molar-refractivity contribution in [1.82, 2.24) is 0 Å². The van der Waals surface area contributed by atoms with Crippen LogP contribution in [0.5, 0.6) is 5.75 Å². The molecule has 2 aliphatic rings. The smallest absolute Gasteiger partial charge is 0.221 e. The zero-order valence-electron chi connectivity index (χ0n) is 14.4. The van der Waals surface area contributed by atoms with Crippen LogP contribution in [0, 0.1) is 6.92 Å². The zero-order valence-corrected chi connectivity index (χ0v) is 14.4. The first-order chi connectivity index (χ1) is 10.9. The van der Waals surface area contributed by atoms with Crippen molar-refractivity contribution < 1.29 is 9.30 Å². The van der Waals surface area contributed by atoms with Crippen molar-refractivity contribution >= 4 is 11.8 Å². The molecule has 3 nitrogen and oxygen atoms in total. The molecule has 0 saturated carbocycles. The molecule has 118 valence electrons. The van der Waals surface area contributed by atoms with Crippen molar-refractivity contribution in [2.24, 2.45) is 7.05 Å². The van der Waals surface area contributed by atoms with Crippen molar-refractivity contribution in [3.63, 3.8) is 0 Å². The average molecular weight is 307 g/mol.